The van der Waals surface area contributed by atoms with Gasteiger partial charge in [0.05, 0.1) is 10.5 Å². The lowest BCUT2D eigenvalue weighted by Gasteiger charge is -2.36. The molecule has 2 aliphatic rings. The number of nitrogens with zero attached hydrogens (tertiary/aromatic N) is 1. The van der Waals surface area contributed by atoms with Crippen LogP contribution in [0.1, 0.15) is 25.7 Å². The summed E-state index contributed by atoms with van der Waals surface area (Å²) in [4.78, 5) is 17.4. The van der Waals surface area contributed by atoms with Crippen molar-refractivity contribution >= 4 is 46.9 Å². The molecule has 1 aromatic carbocycles. The minimum absolute atomic E-state index is 0. The van der Waals surface area contributed by atoms with Crippen molar-refractivity contribution in [1.29, 1.82) is 0 Å². The number of H-pyrrole nitrogens is 1. The lowest BCUT2D eigenvalue weighted by molar-refractivity contribution is 0.183. The van der Waals surface area contributed by atoms with Gasteiger partial charge in [-0.15, -0.1) is 24.2 Å². The maximum Gasteiger partial charge on any atom is 0.417 e. The van der Waals surface area contributed by atoms with Crippen molar-refractivity contribution in [3.8, 4) is 0 Å². The highest BCUT2D eigenvalue weighted by Gasteiger charge is 2.38. The number of halogens is 2. The van der Waals surface area contributed by atoms with E-state index in [9.17, 15) is 4.79 Å². The maximum atomic E-state index is 11.3. The third-order valence-corrected chi connectivity index (χ3v) is 6.56. The fraction of sp³-hybridized carbons (Fsp3) is 0.533. The Morgan fingerprint density at radius 1 is 1.32 bits per heavy atom. The lowest BCUT2D eigenvalue weighted by atomic mass is 10.0. The number of fused-ring (bicyclic) bond motifs is 3. The highest BCUT2D eigenvalue weighted by atomic mass is 35.5. The molecule has 0 aliphatic carbocycles. The molecule has 0 saturated carbocycles. The van der Waals surface area contributed by atoms with E-state index in [1.165, 1.54) is 25.7 Å². The first-order valence-electron chi connectivity index (χ1n) is 7.31. The van der Waals surface area contributed by atoms with Crippen LogP contribution in [0.4, 0.5) is 0 Å². The molecule has 7 heteroatoms. The molecule has 3 heterocycles. The van der Waals surface area contributed by atoms with E-state index in [2.05, 4.69) is 16.9 Å². The van der Waals surface area contributed by atoms with Crippen LogP contribution in [0, 0.1) is 0 Å². The second-order valence-corrected chi connectivity index (χ2v) is 7.80. The molecule has 4 rings (SSSR count). The molecule has 120 valence electrons. The first kappa shape index (κ1) is 16.2. The van der Waals surface area contributed by atoms with Crippen molar-refractivity contribution in [2.75, 3.05) is 7.05 Å². The predicted molar refractivity (Wildman–Crippen MR) is 92.5 cm³/mol. The van der Waals surface area contributed by atoms with Crippen LogP contribution in [0.2, 0.25) is 5.02 Å². The van der Waals surface area contributed by atoms with Crippen molar-refractivity contribution in [3.63, 3.8) is 0 Å². The van der Waals surface area contributed by atoms with Gasteiger partial charge in [0, 0.05) is 22.2 Å². The fourth-order valence-electron chi connectivity index (χ4n) is 3.68. The Balaban J connectivity index is 0.00000144. The first-order valence-corrected chi connectivity index (χ1v) is 8.57. The number of hydrogen-bond donors (Lipinski definition) is 1. The van der Waals surface area contributed by atoms with Gasteiger partial charge in [-0.2, -0.15) is 0 Å². The normalized spacial score (nSPS) is 28.0. The van der Waals surface area contributed by atoms with E-state index in [-0.39, 0.29) is 12.4 Å². The van der Waals surface area contributed by atoms with Gasteiger partial charge in [0.25, 0.3) is 0 Å². The Hall–Kier alpha value is -0.620. The third kappa shape index (κ3) is 2.80. The van der Waals surface area contributed by atoms with Gasteiger partial charge >= 0.3 is 5.76 Å². The van der Waals surface area contributed by atoms with Crippen LogP contribution in [0.15, 0.2) is 26.2 Å². The van der Waals surface area contributed by atoms with E-state index < -0.39 is 5.76 Å². The molecule has 22 heavy (non-hydrogen) atoms. The number of benzene rings is 1. The Morgan fingerprint density at radius 2 is 2.00 bits per heavy atom. The number of nitrogens with one attached hydrogen (secondary N) is 1. The molecule has 2 fully saturated rings. The molecule has 0 amide bonds. The van der Waals surface area contributed by atoms with E-state index in [1.54, 1.807) is 6.07 Å². The van der Waals surface area contributed by atoms with E-state index in [4.69, 9.17) is 16.0 Å². The standard InChI is InChI=1S/C15H17ClN2O2S.ClH/c1-18-8-2-3-9(18)5-10(4-8)21-14-7-13-12(6-11(14)16)17-15(19)20-13;/h6-10H,2-5H2,1H3,(H,17,19);1H/t8-,9+,10?;. The van der Waals surface area contributed by atoms with Gasteiger partial charge in [-0.3, -0.25) is 4.98 Å². The minimum atomic E-state index is -0.430. The van der Waals surface area contributed by atoms with Gasteiger partial charge in [0.1, 0.15) is 0 Å². The van der Waals surface area contributed by atoms with E-state index in [0.29, 0.717) is 33.5 Å². The fourth-order valence-corrected chi connectivity index (χ4v) is 5.32. The van der Waals surface area contributed by atoms with Gasteiger partial charge in [-0.25, -0.2) is 4.79 Å². The summed E-state index contributed by atoms with van der Waals surface area (Å²) < 4.78 is 5.13. The maximum absolute atomic E-state index is 11.3. The summed E-state index contributed by atoms with van der Waals surface area (Å²) in [6.07, 6.45) is 5.06. The number of oxazole rings is 1. The number of rotatable bonds is 2. The van der Waals surface area contributed by atoms with Crippen LogP contribution < -0.4 is 5.76 Å². The average molecular weight is 361 g/mol. The van der Waals surface area contributed by atoms with Crippen LogP contribution in [0.25, 0.3) is 11.1 Å². The number of aromatic amines is 1. The molecule has 2 aromatic rings. The van der Waals surface area contributed by atoms with Gasteiger partial charge in [0.2, 0.25) is 0 Å². The summed E-state index contributed by atoms with van der Waals surface area (Å²) in [5.41, 5.74) is 1.25. The highest BCUT2D eigenvalue weighted by molar-refractivity contribution is 8.00. The molecule has 2 saturated heterocycles. The highest BCUT2D eigenvalue weighted by Crippen LogP contribution is 2.43. The zero-order chi connectivity index (χ0) is 14.6. The molecule has 2 aliphatic heterocycles. The summed E-state index contributed by atoms with van der Waals surface area (Å²) in [5.74, 6) is -0.430. The molecule has 0 spiro atoms. The SMILES string of the molecule is CN1[C@@H]2CC[C@H]1CC(Sc1cc3oc(=O)[nH]c3cc1Cl)C2.Cl. The summed E-state index contributed by atoms with van der Waals surface area (Å²) in [6.45, 7) is 0. The monoisotopic (exact) mass is 360 g/mol. The summed E-state index contributed by atoms with van der Waals surface area (Å²) in [7, 11) is 2.25. The van der Waals surface area contributed by atoms with Gasteiger partial charge in [-0.1, -0.05) is 11.6 Å². The molecule has 4 nitrogen and oxygen atoms in total. The van der Waals surface area contributed by atoms with E-state index in [1.807, 2.05) is 17.8 Å². The predicted octanol–water partition coefficient (Wildman–Crippen LogP) is 3.91. The number of thioether (sulfide) groups is 1. The summed E-state index contributed by atoms with van der Waals surface area (Å²) >= 11 is 8.18. The van der Waals surface area contributed by atoms with Gasteiger partial charge in [-0.05, 0) is 44.9 Å². The van der Waals surface area contributed by atoms with Crippen molar-refractivity contribution in [2.45, 2.75) is 47.9 Å². The molecule has 3 atom stereocenters. The van der Waals surface area contributed by atoms with Crippen LogP contribution >= 0.6 is 35.8 Å². The zero-order valence-electron chi connectivity index (χ0n) is 12.2. The van der Waals surface area contributed by atoms with Gasteiger partial charge in [0.15, 0.2) is 5.58 Å². The second kappa shape index (κ2) is 6.11. The second-order valence-electron chi connectivity index (χ2n) is 6.06. The minimum Gasteiger partial charge on any atom is -0.408 e. The molecule has 2 bridgehead atoms. The topological polar surface area (TPSA) is 49.2 Å². The Morgan fingerprint density at radius 3 is 2.68 bits per heavy atom. The molecular weight excluding hydrogens is 343 g/mol. The van der Waals surface area contributed by atoms with Crippen molar-refractivity contribution in [1.82, 2.24) is 9.88 Å². The van der Waals surface area contributed by atoms with Crippen LogP contribution in [-0.4, -0.2) is 34.3 Å². The summed E-state index contributed by atoms with van der Waals surface area (Å²) in [5, 5.41) is 1.29. The Bertz CT molecular complexity index is 731. The van der Waals surface area contributed by atoms with Crippen LogP contribution in [0.3, 0.4) is 0 Å². The molecule has 1 aromatic heterocycles. The third-order valence-electron chi connectivity index (χ3n) is 4.82. The van der Waals surface area contributed by atoms with E-state index >= 15 is 0 Å². The van der Waals surface area contributed by atoms with Crippen LogP contribution in [0.5, 0.6) is 0 Å². The largest absolute Gasteiger partial charge is 0.417 e. The molecule has 1 N–H and O–H groups in total. The Labute approximate surface area is 144 Å². The molecular formula is C15H18Cl2N2O2S. The molecule has 1 unspecified atom stereocenters. The quantitative estimate of drug-likeness (QED) is 0.881. The van der Waals surface area contributed by atoms with E-state index in [0.717, 1.165) is 4.90 Å². The van der Waals surface area contributed by atoms with Crippen molar-refractivity contribution in [2.24, 2.45) is 0 Å². The molecule has 0 radical (unpaired) electrons. The smallest absolute Gasteiger partial charge is 0.408 e. The van der Waals surface area contributed by atoms with Crippen molar-refractivity contribution in [3.05, 3.63) is 27.7 Å². The Kier molecular flexibility index (Phi) is 4.52. The van der Waals surface area contributed by atoms with Crippen LogP contribution in [-0.2, 0) is 0 Å². The van der Waals surface area contributed by atoms with Crippen molar-refractivity contribution < 1.29 is 4.42 Å². The zero-order valence-corrected chi connectivity index (χ0v) is 14.6. The van der Waals surface area contributed by atoms with Gasteiger partial charge < -0.3 is 9.32 Å². The number of piperidine rings is 1. The lowest BCUT2D eigenvalue weighted by Crippen LogP contribution is -2.40. The number of hydrogen-bond acceptors (Lipinski definition) is 4. The first-order chi connectivity index (χ1) is 10.1. The summed E-state index contributed by atoms with van der Waals surface area (Å²) in [6, 6.07) is 5.11. The average Bonchev–Trinajstić information content (AvgIpc) is 2.86. The number of aromatic nitrogens is 1.